The van der Waals surface area contributed by atoms with E-state index in [4.69, 9.17) is 5.73 Å². The molecule has 0 aliphatic carbocycles. The summed E-state index contributed by atoms with van der Waals surface area (Å²) in [6.07, 6.45) is 2.30. The Morgan fingerprint density at radius 1 is 1.47 bits per heavy atom. The Bertz CT molecular complexity index is 581. The molecule has 0 unspecified atom stereocenters. The first kappa shape index (κ1) is 11.5. The Labute approximate surface area is 98.5 Å². The van der Waals surface area contributed by atoms with Crippen molar-refractivity contribution < 1.29 is 9.18 Å². The maximum atomic E-state index is 13.5. The van der Waals surface area contributed by atoms with Crippen LogP contribution >= 0.6 is 0 Å². The van der Waals surface area contributed by atoms with E-state index in [1.54, 1.807) is 6.20 Å². The average Bonchev–Trinajstić information content (AvgIpc) is 2.27. The molecule has 0 aliphatic heterocycles. The van der Waals surface area contributed by atoms with Crippen molar-refractivity contribution in [2.24, 2.45) is 5.73 Å². The highest BCUT2D eigenvalue weighted by molar-refractivity contribution is 5.85. The van der Waals surface area contributed by atoms with Crippen LogP contribution in [0, 0.1) is 12.7 Å². The predicted octanol–water partition coefficient (Wildman–Crippen LogP) is 2.10. The van der Waals surface area contributed by atoms with Crippen LogP contribution in [0.25, 0.3) is 10.9 Å². The number of pyridine rings is 1. The van der Waals surface area contributed by atoms with Gasteiger partial charge in [-0.05, 0) is 42.7 Å². The van der Waals surface area contributed by atoms with Crippen molar-refractivity contribution in [1.82, 2.24) is 4.98 Å². The SMILES string of the molecule is Cc1ccnc2c(CCC(N)=O)cc(F)cc12. The molecule has 0 saturated heterocycles. The highest BCUT2D eigenvalue weighted by Crippen LogP contribution is 2.22. The quantitative estimate of drug-likeness (QED) is 0.881. The largest absolute Gasteiger partial charge is 0.370 e. The molecular formula is C13H13FN2O. The summed E-state index contributed by atoms with van der Waals surface area (Å²) in [6.45, 7) is 1.90. The van der Waals surface area contributed by atoms with Crippen molar-refractivity contribution in [1.29, 1.82) is 0 Å². The van der Waals surface area contributed by atoms with Crippen LogP contribution < -0.4 is 5.73 Å². The molecule has 0 spiro atoms. The van der Waals surface area contributed by atoms with Gasteiger partial charge in [0.1, 0.15) is 5.82 Å². The van der Waals surface area contributed by atoms with Crippen LogP contribution in [0.3, 0.4) is 0 Å². The third kappa shape index (κ3) is 2.41. The number of benzene rings is 1. The molecule has 0 radical (unpaired) electrons. The van der Waals surface area contributed by atoms with Gasteiger partial charge in [-0.2, -0.15) is 0 Å². The van der Waals surface area contributed by atoms with Crippen LogP contribution in [0.2, 0.25) is 0 Å². The van der Waals surface area contributed by atoms with Crippen LogP contribution in [0.15, 0.2) is 24.4 Å². The fourth-order valence-electron chi connectivity index (χ4n) is 1.87. The summed E-state index contributed by atoms with van der Waals surface area (Å²) in [5.41, 5.74) is 7.53. The van der Waals surface area contributed by atoms with E-state index in [0.717, 1.165) is 22.0 Å². The van der Waals surface area contributed by atoms with Gasteiger partial charge < -0.3 is 5.73 Å². The number of carbonyl (C=O) groups excluding carboxylic acids is 1. The zero-order valence-corrected chi connectivity index (χ0v) is 9.53. The van der Waals surface area contributed by atoms with Crippen molar-refractivity contribution in [3.05, 3.63) is 41.3 Å². The number of nitrogens with zero attached hydrogens (tertiary/aromatic N) is 1. The Hall–Kier alpha value is -1.97. The van der Waals surface area contributed by atoms with Crippen LogP contribution in [-0.2, 0) is 11.2 Å². The lowest BCUT2D eigenvalue weighted by Crippen LogP contribution is -2.11. The van der Waals surface area contributed by atoms with E-state index in [2.05, 4.69) is 4.98 Å². The number of fused-ring (bicyclic) bond motifs is 1. The summed E-state index contributed by atoms with van der Waals surface area (Å²) in [5.74, 6) is -0.705. The molecule has 17 heavy (non-hydrogen) atoms. The second kappa shape index (κ2) is 4.49. The van der Waals surface area contributed by atoms with Crippen molar-refractivity contribution in [3.8, 4) is 0 Å². The van der Waals surface area contributed by atoms with E-state index >= 15 is 0 Å². The monoisotopic (exact) mass is 232 g/mol. The van der Waals surface area contributed by atoms with E-state index < -0.39 is 5.91 Å². The number of hydrogen-bond acceptors (Lipinski definition) is 2. The average molecular weight is 232 g/mol. The highest BCUT2D eigenvalue weighted by Gasteiger charge is 2.08. The first-order chi connectivity index (χ1) is 8.08. The number of hydrogen-bond donors (Lipinski definition) is 1. The normalized spacial score (nSPS) is 10.7. The number of halogens is 1. The maximum Gasteiger partial charge on any atom is 0.217 e. The van der Waals surface area contributed by atoms with Gasteiger partial charge in [-0.15, -0.1) is 0 Å². The molecule has 1 aromatic heterocycles. The fourth-order valence-corrected chi connectivity index (χ4v) is 1.87. The zero-order valence-electron chi connectivity index (χ0n) is 9.53. The molecule has 0 bridgehead atoms. The molecule has 0 aliphatic rings. The lowest BCUT2D eigenvalue weighted by Gasteiger charge is -2.07. The van der Waals surface area contributed by atoms with Crippen LogP contribution in [0.1, 0.15) is 17.5 Å². The number of rotatable bonds is 3. The van der Waals surface area contributed by atoms with Gasteiger partial charge in [-0.25, -0.2) is 4.39 Å². The predicted molar refractivity (Wildman–Crippen MR) is 64.0 cm³/mol. The van der Waals surface area contributed by atoms with Crippen LogP contribution in [0.5, 0.6) is 0 Å². The maximum absolute atomic E-state index is 13.5. The summed E-state index contributed by atoms with van der Waals surface area (Å²) in [6, 6.07) is 4.71. The molecule has 88 valence electrons. The molecule has 2 aromatic rings. The van der Waals surface area contributed by atoms with Crippen molar-refractivity contribution >= 4 is 16.8 Å². The second-order valence-corrected chi connectivity index (χ2v) is 4.06. The molecule has 0 fully saturated rings. The summed E-state index contributed by atoms with van der Waals surface area (Å²) >= 11 is 0. The molecule has 3 nitrogen and oxygen atoms in total. The van der Waals surface area contributed by atoms with E-state index in [1.807, 2.05) is 13.0 Å². The number of amides is 1. The molecule has 2 rings (SSSR count). The zero-order chi connectivity index (χ0) is 12.4. The molecule has 0 atom stereocenters. The molecule has 1 aromatic carbocycles. The van der Waals surface area contributed by atoms with Gasteiger partial charge >= 0.3 is 0 Å². The van der Waals surface area contributed by atoms with Crippen molar-refractivity contribution in [3.63, 3.8) is 0 Å². The standard InChI is InChI=1S/C13H13FN2O/c1-8-4-5-16-13-9(2-3-12(15)17)6-10(14)7-11(8)13/h4-7H,2-3H2,1H3,(H2,15,17). The van der Waals surface area contributed by atoms with Crippen molar-refractivity contribution in [2.75, 3.05) is 0 Å². The number of aromatic nitrogens is 1. The van der Waals surface area contributed by atoms with Gasteiger partial charge in [0.25, 0.3) is 0 Å². The molecule has 1 heterocycles. The van der Waals surface area contributed by atoms with Gasteiger partial charge in [-0.1, -0.05) is 0 Å². The third-order valence-corrected chi connectivity index (χ3v) is 2.75. The summed E-state index contributed by atoms with van der Waals surface area (Å²) in [7, 11) is 0. The van der Waals surface area contributed by atoms with Gasteiger partial charge in [0, 0.05) is 18.0 Å². The van der Waals surface area contributed by atoms with Crippen LogP contribution in [-0.4, -0.2) is 10.9 Å². The van der Waals surface area contributed by atoms with Gasteiger partial charge in [-0.3, -0.25) is 9.78 Å². The smallest absolute Gasteiger partial charge is 0.217 e. The first-order valence-electron chi connectivity index (χ1n) is 5.40. The van der Waals surface area contributed by atoms with Gasteiger partial charge in [0.05, 0.1) is 5.52 Å². The molecule has 4 heteroatoms. The van der Waals surface area contributed by atoms with Crippen molar-refractivity contribution in [2.45, 2.75) is 19.8 Å². The Kier molecular flexibility index (Phi) is 3.04. The van der Waals surface area contributed by atoms with E-state index in [0.29, 0.717) is 6.42 Å². The summed E-state index contributed by atoms with van der Waals surface area (Å²) < 4.78 is 13.5. The van der Waals surface area contributed by atoms with E-state index in [1.165, 1.54) is 12.1 Å². The minimum atomic E-state index is -0.393. The minimum Gasteiger partial charge on any atom is -0.370 e. The second-order valence-electron chi connectivity index (χ2n) is 4.06. The number of carbonyl (C=O) groups is 1. The molecule has 1 amide bonds. The highest BCUT2D eigenvalue weighted by atomic mass is 19.1. The lowest BCUT2D eigenvalue weighted by molar-refractivity contribution is -0.117. The van der Waals surface area contributed by atoms with E-state index in [9.17, 15) is 9.18 Å². The number of aryl methyl sites for hydroxylation is 2. The van der Waals surface area contributed by atoms with Gasteiger partial charge in [0.2, 0.25) is 5.91 Å². The molecule has 2 N–H and O–H groups in total. The number of primary amides is 1. The number of nitrogens with two attached hydrogens (primary N) is 1. The fraction of sp³-hybridized carbons (Fsp3) is 0.231. The lowest BCUT2D eigenvalue weighted by atomic mass is 10.0. The molecule has 0 saturated carbocycles. The summed E-state index contributed by atoms with van der Waals surface area (Å²) in [4.78, 5) is 15.0. The third-order valence-electron chi connectivity index (χ3n) is 2.75. The Morgan fingerprint density at radius 2 is 2.24 bits per heavy atom. The summed E-state index contributed by atoms with van der Waals surface area (Å²) in [5, 5.41) is 0.784. The first-order valence-corrected chi connectivity index (χ1v) is 5.40. The minimum absolute atomic E-state index is 0.203. The van der Waals surface area contributed by atoms with Crippen LogP contribution in [0.4, 0.5) is 4.39 Å². The molecular weight excluding hydrogens is 219 g/mol. The van der Waals surface area contributed by atoms with E-state index in [-0.39, 0.29) is 12.2 Å². The van der Waals surface area contributed by atoms with Gasteiger partial charge in [0.15, 0.2) is 0 Å². The topological polar surface area (TPSA) is 56.0 Å². The Balaban J connectivity index is 2.54. The Morgan fingerprint density at radius 3 is 2.94 bits per heavy atom.